The van der Waals surface area contributed by atoms with Crippen LogP contribution < -0.4 is 5.32 Å². The summed E-state index contributed by atoms with van der Waals surface area (Å²) < 4.78 is 30.5. The number of hydrogen-bond donors (Lipinski definition) is 1. The van der Waals surface area contributed by atoms with Gasteiger partial charge in [0.05, 0.1) is 29.9 Å². The SMILES string of the molecule is CCc1ccc(C(=O)NC2COCC2CS(=O)(=O)N(C)C)s1. The molecule has 1 aromatic rings. The molecule has 8 heteroatoms. The minimum absolute atomic E-state index is 0.0183. The fourth-order valence-electron chi connectivity index (χ4n) is 2.27. The molecule has 0 bridgehead atoms. The van der Waals surface area contributed by atoms with Crippen molar-refractivity contribution in [2.24, 2.45) is 5.92 Å². The third-order valence-corrected chi connectivity index (χ3v) is 6.92. The van der Waals surface area contributed by atoms with Crippen LogP contribution in [0.3, 0.4) is 0 Å². The highest BCUT2D eigenvalue weighted by atomic mass is 32.2. The third-order valence-electron chi connectivity index (χ3n) is 3.73. The number of amides is 1. The largest absolute Gasteiger partial charge is 0.379 e. The van der Waals surface area contributed by atoms with E-state index in [9.17, 15) is 13.2 Å². The molecule has 2 heterocycles. The number of sulfonamides is 1. The number of thiophene rings is 1. The molecule has 1 aromatic heterocycles. The second-order valence-electron chi connectivity index (χ2n) is 5.56. The first-order chi connectivity index (χ1) is 10.3. The zero-order chi connectivity index (χ0) is 16.3. The van der Waals surface area contributed by atoms with Crippen molar-refractivity contribution in [3.8, 4) is 0 Å². The van der Waals surface area contributed by atoms with Gasteiger partial charge in [-0.3, -0.25) is 4.79 Å². The average Bonchev–Trinajstić information content (AvgIpc) is 3.08. The van der Waals surface area contributed by atoms with Crippen LogP contribution in [0.5, 0.6) is 0 Å². The van der Waals surface area contributed by atoms with Gasteiger partial charge in [0.15, 0.2) is 0 Å². The Morgan fingerprint density at radius 2 is 2.14 bits per heavy atom. The Bertz CT molecular complexity index is 625. The molecule has 2 rings (SSSR count). The van der Waals surface area contributed by atoms with Gasteiger partial charge in [-0.15, -0.1) is 11.3 Å². The van der Waals surface area contributed by atoms with Crippen molar-refractivity contribution < 1.29 is 17.9 Å². The summed E-state index contributed by atoms with van der Waals surface area (Å²) in [6.45, 7) is 2.74. The quantitative estimate of drug-likeness (QED) is 0.832. The lowest BCUT2D eigenvalue weighted by atomic mass is 10.1. The molecular formula is C14H22N2O4S2. The number of ether oxygens (including phenoxy) is 1. The van der Waals surface area contributed by atoms with E-state index in [4.69, 9.17) is 4.74 Å². The Morgan fingerprint density at radius 3 is 2.73 bits per heavy atom. The van der Waals surface area contributed by atoms with Crippen LogP contribution in [0.1, 0.15) is 21.5 Å². The molecule has 1 amide bonds. The molecule has 1 aliphatic rings. The van der Waals surface area contributed by atoms with E-state index in [1.54, 1.807) is 6.07 Å². The van der Waals surface area contributed by atoms with E-state index in [1.165, 1.54) is 29.7 Å². The zero-order valence-electron chi connectivity index (χ0n) is 13.0. The van der Waals surface area contributed by atoms with Crippen molar-refractivity contribution in [2.45, 2.75) is 19.4 Å². The highest BCUT2D eigenvalue weighted by Crippen LogP contribution is 2.20. The molecular weight excluding hydrogens is 324 g/mol. The predicted octanol–water partition coefficient (Wildman–Crippen LogP) is 0.947. The van der Waals surface area contributed by atoms with E-state index in [2.05, 4.69) is 5.32 Å². The second-order valence-corrected chi connectivity index (χ2v) is 8.95. The standard InChI is InChI=1S/C14H22N2O4S2/c1-4-11-5-6-13(21-11)14(17)15-12-8-20-7-10(12)9-22(18,19)16(2)3/h5-6,10,12H,4,7-9H2,1-3H3,(H,15,17). The summed E-state index contributed by atoms with van der Waals surface area (Å²) in [7, 11) is -0.289. The van der Waals surface area contributed by atoms with E-state index in [-0.39, 0.29) is 23.6 Å². The Morgan fingerprint density at radius 1 is 1.41 bits per heavy atom. The van der Waals surface area contributed by atoms with Crippen LogP contribution >= 0.6 is 11.3 Å². The number of hydrogen-bond acceptors (Lipinski definition) is 5. The first-order valence-corrected chi connectivity index (χ1v) is 9.63. The Balaban J connectivity index is 2.00. The average molecular weight is 346 g/mol. The van der Waals surface area contributed by atoms with Crippen LogP contribution in [0.4, 0.5) is 0 Å². The zero-order valence-corrected chi connectivity index (χ0v) is 14.7. The molecule has 2 atom stereocenters. The van der Waals surface area contributed by atoms with Crippen LogP contribution in [-0.4, -0.2) is 57.7 Å². The number of aryl methyl sites for hydroxylation is 1. The molecule has 124 valence electrons. The monoisotopic (exact) mass is 346 g/mol. The summed E-state index contributed by atoms with van der Waals surface area (Å²) in [5.41, 5.74) is 0. The van der Waals surface area contributed by atoms with Crippen LogP contribution in [-0.2, 0) is 21.2 Å². The smallest absolute Gasteiger partial charge is 0.261 e. The molecule has 1 saturated heterocycles. The lowest BCUT2D eigenvalue weighted by Gasteiger charge is -2.20. The lowest BCUT2D eigenvalue weighted by Crippen LogP contribution is -2.43. The highest BCUT2D eigenvalue weighted by molar-refractivity contribution is 7.89. The van der Waals surface area contributed by atoms with Crippen molar-refractivity contribution in [3.63, 3.8) is 0 Å². The summed E-state index contributed by atoms with van der Waals surface area (Å²) in [5.74, 6) is -0.398. The van der Waals surface area contributed by atoms with E-state index in [0.717, 1.165) is 11.3 Å². The molecule has 22 heavy (non-hydrogen) atoms. The van der Waals surface area contributed by atoms with Crippen molar-refractivity contribution in [1.29, 1.82) is 0 Å². The predicted molar refractivity (Wildman–Crippen MR) is 86.7 cm³/mol. The highest BCUT2D eigenvalue weighted by Gasteiger charge is 2.34. The number of nitrogens with zero attached hydrogens (tertiary/aromatic N) is 1. The summed E-state index contributed by atoms with van der Waals surface area (Å²) >= 11 is 1.46. The van der Waals surface area contributed by atoms with Gasteiger partial charge in [0.2, 0.25) is 10.0 Å². The molecule has 0 aromatic carbocycles. The maximum Gasteiger partial charge on any atom is 0.261 e. The Labute approximate surface area is 135 Å². The number of carbonyl (C=O) groups is 1. The molecule has 0 saturated carbocycles. The van der Waals surface area contributed by atoms with Crippen molar-refractivity contribution in [1.82, 2.24) is 9.62 Å². The van der Waals surface area contributed by atoms with Gasteiger partial charge in [0.25, 0.3) is 5.91 Å². The van der Waals surface area contributed by atoms with Crippen LogP contribution in [0, 0.1) is 5.92 Å². The molecule has 0 radical (unpaired) electrons. The molecule has 6 nitrogen and oxygen atoms in total. The number of rotatable bonds is 6. The van der Waals surface area contributed by atoms with E-state index in [1.807, 2.05) is 13.0 Å². The second kappa shape index (κ2) is 7.08. The molecule has 1 fully saturated rings. The molecule has 0 spiro atoms. The fourth-order valence-corrected chi connectivity index (χ4v) is 4.29. The Kier molecular flexibility index (Phi) is 5.60. The van der Waals surface area contributed by atoms with Crippen LogP contribution in [0.15, 0.2) is 12.1 Å². The summed E-state index contributed by atoms with van der Waals surface area (Å²) in [5, 5.41) is 2.91. The molecule has 0 aliphatic carbocycles. The van der Waals surface area contributed by atoms with Crippen molar-refractivity contribution >= 4 is 27.3 Å². The Hall–Kier alpha value is -0.960. The van der Waals surface area contributed by atoms with Gasteiger partial charge in [0, 0.05) is 24.9 Å². The first kappa shape index (κ1) is 17.4. The summed E-state index contributed by atoms with van der Waals surface area (Å²) in [6, 6.07) is 3.48. The van der Waals surface area contributed by atoms with Gasteiger partial charge in [-0.25, -0.2) is 12.7 Å². The van der Waals surface area contributed by atoms with Crippen molar-refractivity contribution in [2.75, 3.05) is 33.1 Å². The lowest BCUT2D eigenvalue weighted by molar-refractivity contribution is 0.0930. The number of carbonyl (C=O) groups excluding carboxylic acids is 1. The van der Waals surface area contributed by atoms with Crippen LogP contribution in [0.2, 0.25) is 0 Å². The molecule has 1 N–H and O–H groups in total. The van der Waals surface area contributed by atoms with Gasteiger partial charge >= 0.3 is 0 Å². The van der Waals surface area contributed by atoms with Gasteiger partial charge in [-0.2, -0.15) is 0 Å². The third kappa shape index (κ3) is 4.07. The van der Waals surface area contributed by atoms with E-state index in [0.29, 0.717) is 18.1 Å². The van der Waals surface area contributed by atoms with E-state index < -0.39 is 10.0 Å². The van der Waals surface area contributed by atoms with Gasteiger partial charge in [-0.1, -0.05) is 6.92 Å². The first-order valence-electron chi connectivity index (χ1n) is 7.21. The van der Waals surface area contributed by atoms with Crippen LogP contribution in [0.25, 0.3) is 0 Å². The number of nitrogens with one attached hydrogen (secondary N) is 1. The maximum absolute atomic E-state index is 12.3. The van der Waals surface area contributed by atoms with Gasteiger partial charge < -0.3 is 10.1 Å². The molecule has 1 aliphatic heterocycles. The normalized spacial score (nSPS) is 22.2. The molecule has 2 unspecified atom stereocenters. The summed E-state index contributed by atoms with van der Waals surface area (Å²) in [4.78, 5) is 14.1. The topological polar surface area (TPSA) is 75.7 Å². The minimum atomic E-state index is -3.31. The fraction of sp³-hybridized carbons (Fsp3) is 0.643. The minimum Gasteiger partial charge on any atom is -0.379 e. The maximum atomic E-state index is 12.3. The van der Waals surface area contributed by atoms with E-state index >= 15 is 0 Å². The van der Waals surface area contributed by atoms with Gasteiger partial charge in [-0.05, 0) is 18.6 Å². The van der Waals surface area contributed by atoms with Crippen molar-refractivity contribution in [3.05, 3.63) is 21.9 Å². The summed E-state index contributed by atoms with van der Waals surface area (Å²) in [6.07, 6.45) is 0.897. The van der Waals surface area contributed by atoms with Gasteiger partial charge in [0.1, 0.15) is 0 Å².